The third-order valence-corrected chi connectivity index (χ3v) is 3.85. The maximum atomic E-state index is 11.6. The molecule has 0 aromatic rings. The standard InChI is InChI=1S/C8H15N3O2S/c1-11(2)14(12,13)7-3-5-8(9,10)6-4-7/h3-5H,6,9-10H2,1-2H3. The SMILES string of the molecule is CN(C)S(=O)(=O)C1=CCC(N)(N)C=C1. The molecule has 1 aliphatic rings. The van der Waals surface area contributed by atoms with E-state index in [0.717, 1.165) is 4.31 Å². The number of nitrogens with two attached hydrogens (primary N) is 2. The lowest BCUT2D eigenvalue weighted by molar-refractivity contribution is 0.524. The lowest BCUT2D eigenvalue weighted by Crippen LogP contribution is -2.48. The molecule has 0 heterocycles. The van der Waals surface area contributed by atoms with Gasteiger partial charge in [-0.3, -0.25) is 0 Å². The van der Waals surface area contributed by atoms with E-state index in [1.54, 1.807) is 0 Å². The molecular weight excluding hydrogens is 202 g/mol. The minimum Gasteiger partial charge on any atom is -0.310 e. The molecule has 0 fully saturated rings. The van der Waals surface area contributed by atoms with Crippen LogP contribution >= 0.6 is 0 Å². The van der Waals surface area contributed by atoms with Gasteiger partial charge in [-0.1, -0.05) is 6.08 Å². The number of rotatable bonds is 2. The summed E-state index contributed by atoms with van der Waals surface area (Å²) in [7, 11) is -0.388. The molecule has 0 atom stereocenters. The fraction of sp³-hybridized carbons (Fsp3) is 0.500. The van der Waals surface area contributed by atoms with Gasteiger partial charge in [-0.25, -0.2) is 12.7 Å². The van der Waals surface area contributed by atoms with Crippen LogP contribution in [0.4, 0.5) is 0 Å². The molecule has 14 heavy (non-hydrogen) atoms. The van der Waals surface area contributed by atoms with Crippen LogP contribution in [0, 0.1) is 0 Å². The molecule has 0 radical (unpaired) electrons. The number of sulfonamides is 1. The zero-order valence-electron chi connectivity index (χ0n) is 8.27. The molecule has 80 valence electrons. The molecule has 0 bridgehead atoms. The molecule has 0 saturated carbocycles. The first-order valence-corrected chi connectivity index (χ1v) is 5.59. The Balaban J connectivity index is 2.97. The van der Waals surface area contributed by atoms with E-state index in [0.29, 0.717) is 6.42 Å². The van der Waals surface area contributed by atoms with Crippen molar-refractivity contribution in [3.8, 4) is 0 Å². The summed E-state index contributed by atoms with van der Waals surface area (Å²) in [5, 5.41) is 0. The Kier molecular flexibility index (Phi) is 2.82. The molecule has 0 aromatic heterocycles. The van der Waals surface area contributed by atoms with Crippen molar-refractivity contribution in [2.24, 2.45) is 11.5 Å². The zero-order valence-corrected chi connectivity index (χ0v) is 9.08. The molecule has 0 aliphatic heterocycles. The van der Waals surface area contributed by atoms with E-state index >= 15 is 0 Å². The Hall–Kier alpha value is -0.690. The summed E-state index contributed by atoms with van der Waals surface area (Å²) in [6, 6.07) is 0. The van der Waals surface area contributed by atoms with Gasteiger partial charge in [0.2, 0.25) is 10.0 Å². The third-order valence-electron chi connectivity index (χ3n) is 1.99. The van der Waals surface area contributed by atoms with E-state index in [1.165, 1.54) is 32.3 Å². The van der Waals surface area contributed by atoms with E-state index in [2.05, 4.69) is 0 Å². The third kappa shape index (κ3) is 2.21. The van der Waals surface area contributed by atoms with Crippen LogP contribution in [0.25, 0.3) is 0 Å². The lowest BCUT2D eigenvalue weighted by Gasteiger charge is -2.23. The highest BCUT2D eigenvalue weighted by Gasteiger charge is 2.24. The van der Waals surface area contributed by atoms with Crippen LogP contribution in [0.2, 0.25) is 0 Å². The highest BCUT2D eigenvalue weighted by molar-refractivity contribution is 7.93. The molecule has 0 aromatic carbocycles. The topological polar surface area (TPSA) is 89.4 Å². The van der Waals surface area contributed by atoms with Gasteiger partial charge in [0.25, 0.3) is 0 Å². The van der Waals surface area contributed by atoms with E-state index in [1.807, 2.05) is 0 Å². The van der Waals surface area contributed by atoms with E-state index in [4.69, 9.17) is 11.5 Å². The molecule has 5 nitrogen and oxygen atoms in total. The molecule has 1 aliphatic carbocycles. The Morgan fingerprint density at radius 2 is 2.00 bits per heavy atom. The summed E-state index contributed by atoms with van der Waals surface area (Å²) in [4.78, 5) is 0.244. The fourth-order valence-electron chi connectivity index (χ4n) is 1.05. The van der Waals surface area contributed by atoms with Crippen LogP contribution in [-0.4, -0.2) is 32.5 Å². The van der Waals surface area contributed by atoms with Gasteiger partial charge in [-0.15, -0.1) is 0 Å². The van der Waals surface area contributed by atoms with Crippen molar-refractivity contribution in [1.29, 1.82) is 0 Å². The molecule has 1 rings (SSSR count). The summed E-state index contributed by atoms with van der Waals surface area (Å²) < 4.78 is 24.4. The number of nitrogens with zero attached hydrogens (tertiary/aromatic N) is 1. The Morgan fingerprint density at radius 1 is 1.43 bits per heavy atom. The lowest BCUT2D eigenvalue weighted by atomic mass is 10.0. The van der Waals surface area contributed by atoms with Crippen molar-refractivity contribution in [3.63, 3.8) is 0 Å². The maximum Gasteiger partial charge on any atom is 0.242 e. The van der Waals surface area contributed by atoms with Crippen molar-refractivity contribution in [2.75, 3.05) is 14.1 Å². The van der Waals surface area contributed by atoms with Gasteiger partial charge in [-0.05, 0) is 12.2 Å². The molecule has 0 amide bonds. The van der Waals surface area contributed by atoms with Crippen molar-refractivity contribution in [3.05, 3.63) is 23.1 Å². The first-order valence-electron chi connectivity index (χ1n) is 4.15. The Morgan fingerprint density at radius 3 is 2.36 bits per heavy atom. The van der Waals surface area contributed by atoms with Gasteiger partial charge < -0.3 is 11.5 Å². The minimum atomic E-state index is -3.35. The minimum absolute atomic E-state index is 0.244. The second-order valence-corrected chi connectivity index (χ2v) is 5.70. The molecule has 0 saturated heterocycles. The molecule has 0 spiro atoms. The van der Waals surface area contributed by atoms with Gasteiger partial charge >= 0.3 is 0 Å². The summed E-state index contributed by atoms with van der Waals surface area (Å²) in [5.41, 5.74) is 10.3. The van der Waals surface area contributed by atoms with Crippen LogP contribution < -0.4 is 11.5 Å². The molecule has 0 unspecified atom stereocenters. The summed E-state index contributed by atoms with van der Waals surface area (Å²) in [6.07, 6.45) is 4.81. The number of hydrogen-bond acceptors (Lipinski definition) is 4. The number of allylic oxidation sites excluding steroid dienone is 1. The maximum absolute atomic E-state index is 11.6. The first-order chi connectivity index (χ1) is 6.26. The van der Waals surface area contributed by atoms with Gasteiger partial charge in [0.05, 0.1) is 10.6 Å². The normalized spacial score (nSPS) is 21.1. The Labute approximate surface area is 84.1 Å². The van der Waals surface area contributed by atoms with E-state index in [9.17, 15) is 8.42 Å². The van der Waals surface area contributed by atoms with Crippen LogP contribution in [0.3, 0.4) is 0 Å². The molecule has 6 heteroatoms. The second kappa shape index (κ2) is 3.47. The highest BCUT2D eigenvalue weighted by Crippen LogP contribution is 2.20. The van der Waals surface area contributed by atoms with Gasteiger partial charge in [-0.2, -0.15) is 0 Å². The summed E-state index contributed by atoms with van der Waals surface area (Å²) in [6.45, 7) is 0. The zero-order chi connectivity index (χ0) is 11.0. The largest absolute Gasteiger partial charge is 0.310 e. The predicted octanol–water partition coefficient (Wildman–Crippen LogP) is -0.665. The van der Waals surface area contributed by atoms with Crippen molar-refractivity contribution >= 4 is 10.0 Å². The average Bonchev–Trinajstić information content (AvgIpc) is 2.03. The Bertz CT molecular complexity index is 379. The molecule has 4 N–H and O–H groups in total. The van der Waals surface area contributed by atoms with E-state index in [-0.39, 0.29) is 4.91 Å². The van der Waals surface area contributed by atoms with Gasteiger partial charge in [0.15, 0.2) is 0 Å². The van der Waals surface area contributed by atoms with Crippen LogP contribution in [0.5, 0.6) is 0 Å². The van der Waals surface area contributed by atoms with Crippen LogP contribution in [0.15, 0.2) is 23.1 Å². The van der Waals surface area contributed by atoms with Crippen LogP contribution in [0.1, 0.15) is 6.42 Å². The van der Waals surface area contributed by atoms with Gasteiger partial charge in [0, 0.05) is 20.5 Å². The summed E-state index contributed by atoms with van der Waals surface area (Å²) in [5.74, 6) is 0. The average molecular weight is 217 g/mol. The predicted molar refractivity (Wildman–Crippen MR) is 55.6 cm³/mol. The molecular formula is C8H15N3O2S. The first kappa shape index (κ1) is 11.4. The van der Waals surface area contributed by atoms with Crippen molar-refractivity contribution in [2.45, 2.75) is 12.1 Å². The van der Waals surface area contributed by atoms with Crippen LogP contribution in [-0.2, 0) is 10.0 Å². The summed E-state index contributed by atoms with van der Waals surface area (Å²) >= 11 is 0. The fourth-order valence-corrected chi connectivity index (χ4v) is 2.01. The quantitative estimate of drug-likeness (QED) is 0.601. The van der Waals surface area contributed by atoms with Crippen molar-refractivity contribution < 1.29 is 8.42 Å². The monoisotopic (exact) mass is 217 g/mol. The second-order valence-electron chi connectivity index (χ2n) is 3.54. The van der Waals surface area contributed by atoms with Crippen molar-refractivity contribution in [1.82, 2.24) is 4.31 Å². The highest BCUT2D eigenvalue weighted by atomic mass is 32.2. The number of hydrogen-bond donors (Lipinski definition) is 2. The smallest absolute Gasteiger partial charge is 0.242 e. The van der Waals surface area contributed by atoms with E-state index < -0.39 is 15.7 Å². The van der Waals surface area contributed by atoms with Gasteiger partial charge in [0.1, 0.15) is 0 Å².